The van der Waals surface area contributed by atoms with E-state index < -0.39 is 0 Å². The Balaban J connectivity index is 1.69. The first kappa shape index (κ1) is 11.5. The number of hydrogen-bond acceptors (Lipinski definition) is 5. The Morgan fingerprint density at radius 2 is 2.00 bits per heavy atom. The van der Waals surface area contributed by atoms with Gasteiger partial charge in [0.1, 0.15) is 10.8 Å². The second kappa shape index (κ2) is 4.57. The molecule has 94 valence electrons. The van der Waals surface area contributed by atoms with Gasteiger partial charge in [-0.3, -0.25) is 0 Å². The minimum Gasteiger partial charge on any atom is -0.508 e. The highest BCUT2D eigenvalue weighted by molar-refractivity contribution is 7.15. The third-order valence-electron chi connectivity index (χ3n) is 3.04. The SMILES string of the molecule is CN(Cc1ccc(O)cc1)c1nnc(C2CC2)s1. The van der Waals surface area contributed by atoms with Crippen LogP contribution in [0.15, 0.2) is 24.3 Å². The quantitative estimate of drug-likeness (QED) is 0.919. The number of hydrogen-bond donors (Lipinski definition) is 1. The lowest BCUT2D eigenvalue weighted by Gasteiger charge is -2.14. The topological polar surface area (TPSA) is 49.2 Å². The van der Waals surface area contributed by atoms with Gasteiger partial charge in [0, 0.05) is 19.5 Å². The van der Waals surface area contributed by atoms with Crippen LogP contribution in [0.25, 0.3) is 0 Å². The van der Waals surface area contributed by atoms with Crippen LogP contribution in [0.4, 0.5) is 5.13 Å². The summed E-state index contributed by atoms with van der Waals surface area (Å²) in [4.78, 5) is 2.09. The first-order chi connectivity index (χ1) is 8.72. The molecule has 1 aromatic carbocycles. The van der Waals surface area contributed by atoms with Crippen molar-refractivity contribution in [3.63, 3.8) is 0 Å². The summed E-state index contributed by atoms with van der Waals surface area (Å²) in [7, 11) is 2.02. The normalized spacial score (nSPS) is 14.7. The van der Waals surface area contributed by atoms with Gasteiger partial charge in [0.25, 0.3) is 0 Å². The van der Waals surface area contributed by atoms with E-state index in [0.29, 0.717) is 11.7 Å². The Hall–Kier alpha value is -1.62. The van der Waals surface area contributed by atoms with Crippen molar-refractivity contribution in [2.24, 2.45) is 0 Å². The molecule has 0 amide bonds. The molecule has 0 aliphatic heterocycles. The van der Waals surface area contributed by atoms with Gasteiger partial charge < -0.3 is 10.0 Å². The molecule has 0 spiro atoms. The number of nitrogens with zero attached hydrogens (tertiary/aromatic N) is 3. The zero-order valence-corrected chi connectivity index (χ0v) is 11.0. The van der Waals surface area contributed by atoms with Gasteiger partial charge in [-0.2, -0.15) is 0 Å². The van der Waals surface area contributed by atoms with Gasteiger partial charge in [-0.15, -0.1) is 10.2 Å². The third-order valence-corrected chi connectivity index (χ3v) is 4.24. The fourth-order valence-electron chi connectivity index (χ4n) is 1.82. The van der Waals surface area contributed by atoms with E-state index in [9.17, 15) is 5.11 Å². The Bertz CT molecular complexity index is 533. The summed E-state index contributed by atoms with van der Waals surface area (Å²) in [5.74, 6) is 0.965. The lowest BCUT2D eigenvalue weighted by atomic mass is 10.2. The highest BCUT2D eigenvalue weighted by Crippen LogP contribution is 2.42. The first-order valence-corrected chi connectivity index (χ1v) is 6.86. The van der Waals surface area contributed by atoms with E-state index in [0.717, 1.165) is 17.2 Å². The zero-order valence-electron chi connectivity index (χ0n) is 10.2. The summed E-state index contributed by atoms with van der Waals surface area (Å²) in [5.41, 5.74) is 1.15. The monoisotopic (exact) mass is 261 g/mol. The minimum absolute atomic E-state index is 0.299. The lowest BCUT2D eigenvalue weighted by molar-refractivity contribution is 0.475. The van der Waals surface area contributed by atoms with E-state index in [-0.39, 0.29) is 0 Å². The number of phenols is 1. The van der Waals surface area contributed by atoms with Crippen molar-refractivity contribution in [1.29, 1.82) is 0 Å². The molecule has 2 aromatic rings. The van der Waals surface area contributed by atoms with E-state index in [1.807, 2.05) is 19.2 Å². The molecule has 0 atom stereocenters. The highest BCUT2D eigenvalue weighted by Gasteiger charge is 2.27. The predicted octanol–water partition coefficient (Wildman–Crippen LogP) is 2.76. The van der Waals surface area contributed by atoms with Gasteiger partial charge in [-0.05, 0) is 30.5 Å². The molecular formula is C13H15N3OS. The Labute approximate surface area is 110 Å². The van der Waals surface area contributed by atoms with Crippen LogP contribution in [-0.4, -0.2) is 22.4 Å². The van der Waals surface area contributed by atoms with Gasteiger partial charge >= 0.3 is 0 Å². The van der Waals surface area contributed by atoms with E-state index in [2.05, 4.69) is 15.1 Å². The smallest absolute Gasteiger partial charge is 0.208 e. The summed E-state index contributed by atoms with van der Waals surface area (Å²) in [5, 5.41) is 19.9. The standard InChI is InChI=1S/C13H15N3OS/c1-16(8-9-2-6-11(17)7-3-9)13-15-14-12(18-13)10-4-5-10/h2-3,6-7,10,17H,4-5,8H2,1H3. The molecule has 1 heterocycles. The number of anilines is 1. The fourth-order valence-corrected chi connectivity index (χ4v) is 2.79. The second-order valence-corrected chi connectivity index (χ2v) is 5.71. The molecule has 1 aliphatic carbocycles. The van der Waals surface area contributed by atoms with Crippen LogP contribution in [0.5, 0.6) is 5.75 Å². The molecule has 18 heavy (non-hydrogen) atoms. The van der Waals surface area contributed by atoms with Crippen LogP contribution in [0, 0.1) is 0 Å². The Kier molecular flexibility index (Phi) is 2.91. The average Bonchev–Trinajstić information content (AvgIpc) is 3.10. The summed E-state index contributed by atoms with van der Waals surface area (Å²) < 4.78 is 0. The molecular weight excluding hydrogens is 246 g/mol. The third kappa shape index (κ3) is 2.46. The molecule has 1 N–H and O–H groups in total. The van der Waals surface area contributed by atoms with Crippen molar-refractivity contribution >= 4 is 16.5 Å². The highest BCUT2D eigenvalue weighted by atomic mass is 32.1. The number of benzene rings is 1. The maximum atomic E-state index is 9.25. The van der Waals surface area contributed by atoms with Crippen LogP contribution in [0.1, 0.15) is 29.3 Å². The molecule has 0 unspecified atom stereocenters. The maximum absolute atomic E-state index is 9.25. The number of aromatic nitrogens is 2. The number of rotatable bonds is 4. The van der Waals surface area contributed by atoms with Gasteiger partial charge in [-0.1, -0.05) is 23.5 Å². The lowest BCUT2D eigenvalue weighted by Crippen LogP contribution is -2.15. The summed E-state index contributed by atoms with van der Waals surface area (Å²) in [6.07, 6.45) is 2.52. The van der Waals surface area contributed by atoms with Gasteiger partial charge in [0.15, 0.2) is 0 Å². The Morgan fingerprint density at radius 3 is 2.67 bits per heavy atom. The van der Waals surface area contributed by atoms with Crippen molar-refractivity contribution in [2.75, 3.05) is 11.9 Å². The van der Waals surface area contributed by atoms with E-state index >= 15 is 0 Å². The zero-order chi connectivity index (χ0) is 12.5. The summed E-state index contributed by atoms with van der Waals surface area (Å²) in [6.45, 7) is 0.777. The molecule has 0 radical (unpaired) electrons. The molecule has 1 aromatic heterocycles. The predicted molar refractivity (Wildman–Crippen MR) is 72.1 cm³/mol. The Morgan fingerprint density at radius 1 is 1.28 bits per heavy atom. The second-order valence-electron chi connectivity index (χ2n) is 4.72. The van der Waals surface area contributed by atoms with Crippen LogP contribution >= 0.6 is 11.3 Å². The van der Waals surface area contributed by atoms with E-state index in [1.54, 1.807) is 23.5 Å². The maximum Gasteiger partial charge on any atom is 0.208 e. The number of aromatic hydroxyl groups is 1. The molecule has 0 bridgehead atoms. The molecule has 4 nitrogen and oxygen atoms in total. The van der Waals surface area contributed by atoms with Crippen molar-refractivity contribution in [3.8, 4) is 5.75 Å². The molecule has 3 rings (SSSR count). The van der Waals surface area contributed by atoms with Crippen LogP contribution in [-0.2, 0) is 6.54 Å². The molecule has 1 aliphatic rings. The molecule has 1 saturated carbocycles. The molecule has 5 heteroatoms. The largest absolute Gasteiger partial charge is 0.508 e. The molecule has 0 saturated heterocycles. The first-order valence-electron chi connectivity index (χ1n) is 6.05. The van der Waals surface area contributed by atoms with E-state index in [4.69, 9.17) is 0 Å². The van der Waals surface area contributed by atoms with Crippen LogP contribution in [0.3, 0.4) is 0 Å². The minimum atomic E-state index is 0.299. The van der Waals surface area contributed by atoms with Crippen molar-refractivity contribution < 1.29 is 5.11 Å². The average molecular weight is 261 g/mol. The van der Waals surface area contributed by atoms with Gasteiger partial charge in [0.05, 0.1) is 0 Å². The van der Waals surface area contributed by atoms with Crippen LogP contribution < -0.4 is 4.90 Å². The van der Waals surface area contributed by atoms with Crippen molar-refractivity contribution in [3.05, 3.63) is 34.8 Å². The summed E-state index contributed by atoms with van der Waals surface area (Å²) in [6, 6.07) is 7.27. The van der Waals surface area contributed by atoms with Gasteiger partial charge in [0.2, 0.25) is 5.13 Å². The number of phenolic OH excluding ortho intramolecular Hbond substituents is 1. The van der Waals surface area contributed by atoms with Crippen LogP contribution in [0.2, 0.25) is 0 Å². The molecule has 1 fully saturated rings. The van der Waals surface area contributed by atoms with Crippen molar-refractivity contribution in [1.82, 2.24) is 10.2 Å². The summed E-state index contributed by atoms with van der Waals surface area (Å²) >= 11 is 1.69. The van der Waals surface area contributed by atoms with Gasteiger partial charge in [-0.25, -0.2) is 0 Å². The fraction of sp³-hybridized carbons (Fsp3) is 0.385. The van der Waals surface area contributed by atoms with Crippen molar-refractivity contribution in [2.45, 2.75) is 25.3 Å². The van der Waals surface area contributed by atoms with E-state index in [1.165, 1.54) is 17.8 Å².